The zero-order valence-electron chi connectivity index (χ0n) is 38.7. The molecule has 1 saturated carbocycles. The number of Topliss-reactive ketones (excluding diaryl/α,β-unsaturated/α-hetero) is 2. The van der Waals surface area contributed by atoms with Crippen LogP contribution in [-0.4, -0.2) is 125 Å². The maximum absolute atomic E-state index is 16.3. The Morgan fingerprint density at radius 2 is 1.59 bits per heavy atom. The summed E-state index contributed by atoms with van der Waals surface area (Å²) in [7, 11) is 2.88. The van der Waals surface area contributed by atoms with Crippen molar-refractivity contribution in [1.29, 1.82) is 0 Å². The molecule has 3 heterocycles. The summed E-state index contributed by atoms with van der Waals surface area (Å²) in [5, 5.41) is 35.0. The molecule has 3 N–H and O–H groups in total. The van der Waals surface area contributed by atoms with Crippen molar-refractivity contribution in [2.24, 2.45) is 29.6 Å². The molecule has 5 rings (SSSR count). The summed E-state index contributed by atoms with van der Waals surface area (Å²) in [5.41, 5.74) is 2.01. The third-order valence-electron chi connectivity index (χ3n) is 14.1. The number of carbonyl (C=O) groups is 4. The van der Waals surface area contributed by atoms with Gasteiger partial charge in [-0.2, -0.15) is 0 Å². The van der Waals surface area contributed by atoms with Crippen LogP contribution in [0.1, 0.15) is 111 Å². The molecule has 0 spiro atoms. The number of rotatable bonds is 7. The van der Waals surface area contributed by atoms with E-state index in [4.69, 9.17) is 23.7 Å². The summed E-state index contributed by atoms with van der Waals surface area (Å²) < 4.78 is 46.4. The monoisotopic (exact) mass is 886 g/mol. The number of alkyl halides is 1. The van der Waals surface area contributed by atoms with Crippen molar-refractivity contribution in [2.75, 3.05) is 20.8 Å². The first-order chi connectivity index (χ1) is 29.8. The number of benzene rings is 1. The van der Waals surface area contributed by atoms with E-state index in [0.29, 0.717) is 55.4 Å². The molecule has 4 aliphatic rings. The summed E-state index contributed by atoms with van der Waals surface area (Å²) in [6.45, 7) is 12.2. The van der Waals surface area contributed by atoms with Gasteiger partial charge in [-0.1, -0.05) is 57.5 Å². The van der Waals surface area contributed by atoms with Crippen LogP contribution in [-0.2, 0) is 38.1 Å². The van der Waals surface area contributed by atoms with Gasteiger partial charge in [-0.3, -0.25) is 14.4 Å². The van der Waals surface area contributed by atoms with Crippen molar-refractivity contribution in [3.05, 3.63) is 53.1 Å². The van der Waals surface area contributed by atoms with Crippen LogP contribution in [0.25, 0.3) is 0 Å². The second-order valence-corrected chi connectivity index (χ2v) is 18.8. The number of methoxy groups -OCH3 is 2. The summed E-state index contributed by atoms with van der Waals surface area (Å²) in [5.74, 6) is -8.64. The number of esters is 1. The Hall–Kier alpha value is -3.53. The van der Waals surface area contributed by atoms with Crippen LogP contribution in [0, 0.1) is 36.5 Å². The molecular weight excluding hydrogens is 814 g/mol. The average Bonchev–Trinajstić information content (AvgIpc) is 3.27. The summed E-state index contributed by atoms with van der Waals surface area (Å²) >= 11 is 0. The number of aliphatic hydroxyl groups is 3. The second kappa shape index (κ2) is 22.1. The topological polar surface area (TPSA) is 178 Å². The number of carbonyl (C=O) groups excluding carboxylic acids is 4. The second-order valence-electron chi connectivity index (χ2n) is 18.8. The van der Waals surface area contributed by atoms with Crippen molar-refractivity contribution < 1.29 is 62.6 Å². The van der Waals surface area contributed by atoms with Crippen molar-refractivity contribution in [3.63, 3.8) is 0 Å². The number of hydrogen-bond acceptors (Lipinski definition) is 12. The van der Waals surface area contributed by atoms with E-state index in [9.17, 15) is 34.5 Å². The molecule has 13 nitrogen and oxygen atoms in total. The quantitative estimate of drug-likeness (QED) is 0.162. The van der Waals surface area contributed by atoms with Crippen LogP contribution in [0.5, 0.6) is 5.75 Å². The van der Waals surface area contributed by atoms with Gasteiger partial charge in [0.15, 0.2) is 0 Å². The summed E-state index contributed by atoms with van der Waals surface area (Å²) in [6.07, 6.45) is -1.07. The van der Waals surface area contributed by atoms with E-state index in [1.165, 1.54) is 14.2 Å². The molecule has 352 valence electrons. The third kappa shape index (κ3) is 11.8. The normalized spacial score (nSPS) is 39.3. The minimum absolute atomic E-state index is 0.0394. The van der Waals surface area contributed by atoms with E-state index in [2.05, 4.69) is 0 Å². The van der Waals surface area contributed by atoms with Gasteiger partial charge in [0.1, 0.15) is 42.1 Å². The van der Waals surface area contributed by atoms with Crippen LogP contribution in [0.4, 0.5) is 4.39 Å². The maximum atomic E-state index is 16.3. The van der Waals surface area contributed by atoms with Gasteiger partial charge in [0.2, 0.25) is 5.79 Å². The lowest BCUT2D eigenvalue weighted by Gasteiger charge is -2.47. The number of amides is 1. The van der Waals surface area contributed by atoms with E-state index in [1.54, 1.807) is 40.7 Å². The smallest absolute Gasteiger partial charge is 0.329 e. The number of aliphatic hydroxyl groups excluding tert-OH is 2. The molecule has 1 aromatic carbocycles. The lowest BCUT2D eigenvalue weighted by Crippen LogP contribution is -2.64. The molecule has 63 heavy (non-hydrogen) atoms. The van der Waals surface area contributed by atoms with Crippen LogP contribution in [0.2, 0.25) is 0 Å². The van der Waals surface area contributed by atoms with Crippen LogP contribution >= 0.6 is 0 Å². The Labute approximate surface area is 372 Å². The van der Waals surface area contributed by atoms with Gasteiger partial charge in [0.05, 0.1) is 24.4 Å². The number of nitrogens with zero attached hydrogens (tertiary/aromatic N) is 1. The lowest BCUT2D eigenvalue weighted by molar-refractivity contribution is -0.302. The van der Waals surface area contributed by atoms with Crippen LogP contribution < -0.4 is 4.74 Å². The van der Waals surface area contributed by atoms with Crippen molar-refractivity contribution in [3.8, 4) is 5.75 Å². The van der Waals surface area contributed by atoms with Crippen molar-refractivity contribution >= 4 is 23.4 Å². The van der Waals surface area contributed by atoms with Gasteiger partial charge in [-0.15, -0.1) is 0 Å². The van der Waals surface area contributed by atoms with Gasteiger partial charge in [-0.25, -0.2) is 9.18 Å². The summed E-state index contributed by atoms with van der Waals surface area (Å²) in [4.78, 5) is 58.0. The number of cyclic esters (lactones) is 1. The van der Waals surface area contributed by atoms with Gasteiger partial charge in [0, 0.05) is 44.9 Å². The molecule has 15 atom stereocenters. The number of aryl methyl sites for hydroxylation is 1. The molecule has 1 aromatic rings. The first-order valence-electron chi connectivity index (χ1n) is 23.0. The van der Waals surface area contributed by atoms with E-state index >= 15 is 4.39 Å². The van der Waals surface area contributed by atoms with Gasteiger partial charge in [-0.05, 0) is 114 Å². The number of hydrogen-bond donors (Lipinski definition) is 3. The van der Waals surface area contributed by atoms with Gasteiger partial charge < -0.3 is 43.9 Å². The molecular formula is C49H72FNO12. The average molecular weight is 886 g/mol. The predicted molar refractivity (Wildman–Crippen MR) is 233 cm³/mol. The molecule has 2 saturated heterocycles. The molecule has 2 bridgehead atoms. The number of halogens is 1. The first-order valence-corrected chi connectivity index (χ1v) is 23.0. The number of piperidine rings is 1. The fraction of sp³-hybridized carbons (Fsp3) is 0.714. The fourth-order valence-corrected chi connectivity index (χ4v) is 9.98. The van der Waals surface area contributed by atoms with Gasteiger partial charge >= 0.3 is 5.97 Å². The van der Waals surface area contributed by atoms with Crippen molar-refractivity contribution in [2.45, 2.75) is 173 Å². The highest BCUT2D eigenvalue weighted by molar-refractivity contribution is 6.39. The zero-order chi connectivity index (χ0) is 46.3. The van der Waals surface area contributed by atoms with E-state index in [0.717, 1.165) is 10.5 Å². The molecule has 14 heteroatoms. The minimum Gasteiger partial charge on any atom is -0.488 e. The molecule has 0 aromatic heterocycles. The van der Waals surface area contributed by atoms with Gasteiger partial charge in [0.25, 0.3) is 11.7 Å². The molecule has 1 amide bonds. The number of allylic oxidation sites excluding steroid dienone is 3. The van der Waals surface area contributed by atoms with E-state index in [-0.39, 0.29) is 43.9 Å². The Kier molecular flexibility index (Phi) is 17.7. The highest BCUT2D eigenvalue weighted by Crippen LogP contribution is 2.40. The maximum Gasteiger partial charge on any atom is 0.329 e. The highest BCUT2D eigenvalue weighted by atomic mass is 19.1. The molecule has 3 fully saturated rings. The Morgan fingerprint density at radius 3 is 2.22 bits per heavy atom. The number of ether oxygens (including phenoxy) is 5. The SMILES string of the molecule is CCC1/C=C(\C)C(F)C(C)CC(OC)C2OC(O)(C(=O)C(=O)N3CCCCC3C(=O)OC(C(C)=CC3CCC(Oc4ccc(C)cc4)C(O)C3)C(C)C(O)CC1=O)C(C)CC2OC. The molecule has 3 aliphatic heterocycles. The lowest BCUT2D eigenvalue weighted by atomic mass is 9.81. The number of ketones is 2. The largest absolute Gasteiger partial charge is 0.488 e. The van der Waals surface area contributed by atoms with Crippen molar-refractivity contribution in [1.82, 2.24) is 4.90 Å². The Morgan fingerprint density at radius 1 is 0.921 bits per heavy atom. The molecule has 1 aliphatic carbocycles. The minimum atomic E-state index is -2.61. The molecule has 0 radical (unpaired) electrons. The fourth-order valence-electron chi connectivity index (χ4n) is 9.98. The Balaban J connectivity index is 1.49. The molecule has 15 unspecified atom stereocenters. The highest BCUT2D eigenvalue weighted by Gasteiger charge is 2.57. The standard InChI is InChI=1S/C49H72FNO12/c1-10-34-22-28(3)43(50)29(4)23-41(59-8)45-42(60-9)24-31(6)49(58,63-45)46(55)47(56)51-20-12-11-13-36(51)48(57)62-44(32(7)37(52)26-38(34)53)30(5)21-33-16-19-40(39(54)25-33)61-35-17-14-27(2)15-18-35/h14-15,17-18,21-22,29,31-34,36-37,39-45,52,54,58H,10-13,16,19-20,23-26H2,1-9H3/b28-22+,30-21?. The van der Waals surface area contributed by atoms with Crippen LogP contribution in [0.3, 0.4) is 0 Å². The number of fused-ring (bicyclic) bond motifs is 3. The first kappa shape index (κ1) is 50.5. The zero-order valence-corrected chi connectivity index (χ0v) is 38.7. The summed E-state index contributed by atoms with van der Waals surface area (Å²) in [6, 6.07) is 6.44. The Bertz CT molecular complexity index is 1800. The predicted octanol–water partition coefficient (Wildman–Crippen LogP) is 6.16. The van der Waals surface area contributed by atoms with E-state index < -0.39 is 102 Å². The third-order valence-corrected chi connectivity index (χ3v) is 14.1. The van der Waals surface area contributed by atoms with Crippen LogP contribution in [0.15, 0.2) is 47.6 Å². The van der Waals surface area contributed by atoms with E-state index in [1.807, 2.05) is 44.2 Å².